The Hall–Kier alpha value is -6.97. The van der Waals surface area contributed by atoms with Crippen LogP contribution in [0.2, 0.25) is 0 Å². The summed E-state index contributed by atoms with van der Waals surface area (Å²) in [5.74, 6) is 1.96. The van der Waals surface area contributed by atoms with Crippen LogP contribution >= 0.6 is 0 Å². The highest BCUT2D eigenvalue weighted by Gasteiger charge is 2.46. The summed E-state index contributed by atoms with van der Waals surface area (Å²) in [5, 5.41) is 2.29. The summed E-state index contributed by atoms with van der Waals surface area (Å²) in [5.41, 5.74) is 12.5. The predicted octanol–water partition coefficient (Wildman–Crippen LogP) is 12.1. The Morgan fingerprint density at radius 2 is 0.717 bits per heavy atom. The van der Waals surface area contributed by atoms with Crippen LogP contribution in [0.25, 0.3) is 67.2 Å². The van der Waals surface area contributed by atoms with E-state index in [1.165, 1.54) is 38.9 Å². The Morgan fingerprint density at radius 1 is 0.283 bits per heavy atom. The summed E-state index contributed by atoms with van der Waals surface area (Å²) in [6.45, 7) is 0. The van der Waals surface area contributed by atoms with Crippen molar-refractivity contribution in [2.75, 3.05) is 0 Å². The van der Waals surface area contributed by atoms with E-state index in [1.807, 2.05) is 60.7 Å². The zero-order chi connectivity index (χ0) is 35.2. The zero-order valence-electron chi connectivity index (χ0n) is 28.9. The summed E-state index contributed by atoms with van der Waals surface area (Å²) < 4.78 is 0. The molecular weight excluding hydrogens is 643 g/mol. The second kappa shape index (κ2) is 12.7. The normalized spacial score (nSPS) is 12.7. The molecule has 0 unspecified atom stereocenters. The van der Waals surface area contributed by atoms with Gasteiger partial charge in [0.15, 0.2) is 17.5 Å². The van der Waals surface area contributed by atoms with E-state index in [9.17, 15) is 0 Å². The zero-order valence-corrected chi connectivity index (χ0v) is 28.9. The molecule has 1 heterocycles. The molecule has 0 saturated heterocycles. The lowest BCUT2D eigenvalue weighted by Crippen LogP contribution is -2.28. The molecule has 0 saturated carbocycles. The Bertz CT molecular complexity index is 2660. The van der Waals surface area contributed by atoms with Gasteiger partial charge < -0.3 is 0 Å². The van der Waals surface area contributed by atoms with E-state index in [0.717, 1.165) is 33.0 Å². The van der Waals surface area contributed by atoms with Gasteiger partial charge in [0.1, 0.15) is 0 Å². The average molecular weight is 676 g/mol. The molecule has 9 aromatic rings. The van der Waals surface area contributed by atoms with Gasteiger partial charge in [0.25, 0.3) is 0 Å². The van der Waals surface area contributed by atoms with Gasteiger partial charge in [0.2, 0.25) is 0 Å². The first-order chi connectivity index (χ1) is 26.3. The molecule has 1 aromatic heterocycles. The van der Waals surface area contributed by atoms with Crippen LogP contribution < -0.4 is 0 Å². The summed E-state index contributed by atoms with van der Waals surface area (Å²) in [4.78, 5) is 14.9. The lowest BCUT2D eigenvalue weighted by Gasteiger charge is -2.34. The maximum absolute atomic E-state index is 5.00. The smallest absolute Gasteiger partial charge is 0.164 e. The van der Waals surface area contributed by atoms with Crippen LogP contribution in [0.5, 0.6) is 0 Å². The summed E-state index contributed by atoms with van der Waals surface area (Å²) >= 11 is 0. The van der Waals surface area contributed by atoms with Crippen molar-refractivity contribution in [1.29, 1.82) is 0 Å². The van der Waals surface area contributed by atoms with Gasteiger partial charge in [-0.2, -0.15) is 0 Å². The standard InChI is InChI=1S/C50H33N3/c1-5-15-35(16-6-1)47-51-48(36-17-7-2-8-18-36)53-49(52-47)39-28-26-34-25-27-37(31-40(34)32-39)38-29-30-44-43-23-13-14-24-45(43)50(46(44)33-38,41-19-9-3-10-20-41)42-21-11-4-12-22-42/h1-33H. The lowest BCUT2D eigenvalue weighted by atomic mass is 9.67. The number of aromatic nitrogens is 3. The molecule has 0 bridgehead atoms. The molecule has 0 spiro atoms. The first kappa shape index (κ1) is 30.8. The average Bonchev–Trinajstić information content (AvgIpc) is 3.55. The minimum absolute atomic E-state index is 0.444. The fourth-order valence-corrected chi connectivity index (χ4v) is 8.13. The quantitative estimate of drug-likeness (QED) is 0.176. The van der Waals surface area contributed by atoms with Gasteiger partial charge in [-0.15, -0.1) is 0 Å². The largest absolute Gasteiger partial charge is 0.208 e. The van der Waals surface area contributed by atoms with Gasteiger partial charge in [0, 0.05) is 16.7 Å². The Labute approximate surface area is 309 Å². The SMILES string of the molecule is c1ccc(-c2nc(-c3ccccc3)nc(-c3ccc4ccc(-c5ccc6c(c5)C(c5ccccc5)(c5ccccc5)c5ccccc5-6)cc4c3)n2)cc1. The molecule has 3 nitrogen and oxygen atoms in total. The van der Waals surface area contributed by atoms with Gasteiger partial charge >= 0.3 is 0 Å². The molecule has 0 aliphatic heterocycles. The molecule has 10 rings (SSSR count). The van der Waals surface area contributed by atoms with Crippen LogP contribution in [0.1, 0.15) is 22.3 Å². The van der Waals surface area contributed by atoms with Crippen LogP contribution in [0.3, 0.4) is 0 Å². The second-order valence-electron chi connectivity index (χ2n) is 13.6. The molecule has 0 atom stereocenters. The van der Waals surface area contributed by atoms with Crippen LogP contribution in [-0.2, 0) is 5.41 Å². The van der Waals surface area contributed by atoms with Gasteiger partial charge in [-0.3, -0.25) is 0 Å². The molecule has 0 fully saturated rings. The van der Waals surface area contributed by atoms with Crippen molar-refractivity contribution in [3.8, 4) is 56.4 Å². The molecule has 53 heavy (non-hydrogen) atoms. The monoisotopic (exact) mass is 675 g/mol. The third-order valence-corrected chi connectivity index (χ3v) is 10.6. The fourth-order valence-electron chi connectivity index (χ4n) is 8.13. The van der Waals surface area contributed by atoms with Gasteiger partial charge in [-0.1, -0.05) is 182 Å². The minimum Gasteiger partial charge on any atom is -0.208 e. The van der Waals surface area contributed by atoms with Crippen LogP contribution in [0, 0.1) is 0 Å². The lowest BCUT2D eigenvalue weighted by molar-refractivity contribution is 0.769. The van der Waals surface area contributed by atoms with Gasteiger partial charge in [0.05, 0.1) is 5.41 Å². The summed E-state index contributed by atoms with van der Waals surface area (Å²) in [6.07, 6.45) is 0. The topological polar surface area (TPSA) is 38.7 Å². The highest BCUT2D eigenvalue weighted by Crippen LogP contribution is 2.56. The molecule has 1 aliphatic rings. The highest BCUT2D eigenvalue weighted by atomic mass is 15.0. The molecule has 0 radical (unpaired) electrons. The Morgan fingerprint density at radius 3 is 1.32 bits per heavy atom. The number of nitrogens with zero attached hydrogens (tertiary/aromatic N) is 3. The van der Waals surface area contributed by atoms with Gasteiger partial charge in [-0.05, 0) is 73.5 Å². The van der Waals surface area contributed by atoms with E-state index in [-0.39, 0.29) is 0 Å². The number of rotatable bonds is 6. The van der Waals surface area contributed by atoms with Crippen molar-refractivity contribution >= 4 is 10.8 Å². The van der Waals surface area contributed by atoms with E-state index in [4.69, 9.17) is 15.0 Å². The van der Waals surface area contributed by atoms with Crippen molar-refractivity contribution in [1.82, 2.24) is 15.0 Å². The summed E-state index contributed by atoms with van der Waals surface area (Å²) in [6, 6.07) is 71.3. The first-order valence-electron chi connectivity index (χ1n) is 18.0. The fraction of sp³-hybridized carbons (Fsp3) is 0.0200. The molecule has 0 N–H and O–H groups in total. The molecule has 3 heteroatoms. The van der Waals surface area contributed by atoms with Crippen molar-refractivity contribution < 1.29 is 0 Å². The van der Waals surface area contributed by atoms with E-state index < -0.39 is 5.41 Å². The molecule has 248 valence electrons. The number of benzene rings is 8. The Kier molecular flexibility index (Phi) is 7.36. The minimum atomic E-state index is -0.444. The number of hydrogen-bond donors (Lipinski definition) is 0. The number of hydrogen-bond acceptors (Lipinski definition) is 3. The van der Waals surface area contributed by atoms with Crippen LogP contribution in [0.4, 0.5) is 0 Å². The maximum atomic E-state index is 5.00. The maximum Gasteiger partial charge on any atom is 0.164 e. The van der Waals surface area contributed by atoms with Crippen LogP contribution in [-0.4, -0.2) is 15.0 Å². The molecule has 0 amide bonds. The third-order valence-electron chi connectivity index (χ3n) is 10.6. The van der Waals surface area contributed by atoms with Crippen molar-refractivity contribution in [3.63, 3.8) is 0 Å². The first-order valence-corrected chi connectivity index (χ1v) is 18.0. The Balaban J connectivity index is 1.12. The van der Waals surface area contributed by atoms with E-state index in [1.54, 1.807) is 0 Å². The van der Waals surface area contributed by atoms with Crippen molar-refractivity contribution in [2.24, 2.45) is 0 Å². The molecule has 1 aliphatic carbocycles. The van der Waals surface area contributed by atoms with Gasteiger partial charge in [-0.25, -0.2) is 15.0 Å². The molecular formula is C50H33N3. The van der Waals surface area contributed by atoms with Crippen molar-refractivity contribution in [3.05, 3.63) is 222 Å². The van der Waals surface area contributed by atoms with E-state index >= 15 is 0 Å². The van der Waals surface area contributed by atoms with Crippen LogP contribution in [0.15, 0.2) is 200 Å². The second-order valence-corrected chi connectivity index (χ2v) is 13.6. The predicted molar refractivity (Wildman–Crippen MR) is 216 cm³/mol. The van der Waals surface area contributed by atoms with E-state index in [0.29, 0.717) is 17.5 Å². The van der Waals surface area contributed by atoms with Crippen molar-refractivity contribution in [2.45, 2.75) is 5.41 Å². The highest BCUT2D eigenvalue weighted by molar-refractivity contribution is 5.92. The third kappa shape index (κ3) is 5.17. The molecule has 8 aromatic carbocycles. The van der Waals surface area contributed by atoms with E-state index in [2.05, 4.69) is 140 Å². The number of fused-ring (bicyclic) bond motifs is 4. The summed E-state index contributed by atoms with van der Waals surface area (Å²) in [7, 11) is 0.